The van der Waals surface area contributed by atoms with Gasteiger partial charge in [0.05, 0.1) is 12.3 Å². The third-order valence-electron chi connectivity index (χ3n) is 3.96. The molecular formula is C23H23NO2. The van der Waals surface area contributed by atoms with Gasteiger partial charge in [-0.25, -0.2) is 0 Å². The minimum absolute atomic E-state index is 0.148. The van der Waals surface area contributed by atoms with Crippen molar-refractivity contribution in [3.8, 4) is 16.9 Å². The summed E-state index contributed by atoms with van der Waals surface area (Å²) >= 11 is 0. The van der Waals surface area contributed by atoms with Gasteiger partial charge in [0.2, 0.25) is 0 Å². The fourth-order valence-corrected chi connectivity index (χ4v) is 2.59. The molecule has 0 fully saturated rings. The summed E-state index contributed by atoms with van der Waals surface area (Å²) in [6, 6.07) is 25.2. The van der Waals surface area contributed by atoms with Crippen molar-refractivity contribution in [1.29, 1.82) is 0 Å². The number of hydrogen-bond acceptors (Lipinski definition) is 2. The first-order valence-corrected chi connectivity index (χ1v) is 8.82. The Labute approximate surface area is 154 Å². The number of benzene rings is 3. The van der Waals surface area contributed by atoms with Gasteiger partial charge in [0.15, 0.2) is 0 Å². The van der Waals surface area contributed by atoms with Crippen molar-refractivity contribution in [2.24, 2.45) is 5.92 Å². The summed E-state index contributed by atoms with van der Waals surface area (Å²) in [7, 11) is 0. The quantitative estimate of drug-likeness (QED) is 0.628. The lowest BCUT2D eigenvalue weighted by atomic mass is 10.0. The van der Waals surface area contributed by atoms with E-state index in [1.165, 1.54) is 0 Å². The van der Waals surface area contributed by atoms with Crippen LogP contribution in [0.1, 0.15) is 24.2 Å². The van der Waals surface area contributed by atoms with Gasteiger partial charge in [-0.3, -0.25) is 4.79 Å². The number of para-hydroxylation sites is 2. The molecule has 3 aromatic rings. The van der Waals surface area contributed by atoms with Crippen LogP contribution in [0, 0.1) is 5.92 Å². The van der Waals surface area contributed by atoms with Crippen LogP contribution >= 0.6 is 0 Å². The lowest BCUT2D eigenvalue weighted by molar-refractivity contribution is 0.102. The number of rotatable bonds is 6. The average Bonchev–Trinajstić information content (AvgIpc) is 2.68. The summed E-state index contributed by atoms with van der Waals surface area (Å²) in [4.78, 5) is 12.6. The topological polar surface area (TPSA) is 38.3 Å². The Kier molecular flexibility index (Phi) is 5.69. The predicted octanol–water partition coefficient (Wildman–Crippen LogP) is 5.64. The number of carbonyl (C=O) groups is 1. The standard InChI is InChI=1S/C23H23NO2/c1-17(2)16-26-22-11-7-6-10-21(22)24-23(25)20-14-12-19(13-15-20)18-8-4-3-5-9-18/h3-15,17H,16H2,1-2H3,(H,24,25). The summed E-state index contributed by atoms with van der Waals surface area (Å²) < 4.78 is 5.80. The molecule has 0 bridgehead atoms. The highest BCUT2D eigenvalue weighted by molar-refractivity contribution is 6.05. The number of carbonyl (C=O) groups excluding carboxylic acids is 1. The van der Waals surface area contributed by atoms with E-state index in [1.807, 2.05) is 66.7 Å². The molecule has 0 saturated carbocycles. The number of nitrogens with one attached hydrogen (secondary N) is 1. The zero-order chi connectivity index (χ0) is 18.4. The summed E-state index contributed by atoms with van der Waals surface area (Å²) in [5.74, 6) is 0.963. The number of ether oxygens (including phenoxy) is 1. The highest BCUT2D eigenvalue weighted by Crippen LogP contribution is 2.25. The van der Waals surface area contributed by atoms with Gasteiger partial charge in [0, 0.05) is 5.56 Å². The van der Waals surface area contributed by atoms with Crippen molar-refractivity contribution in [2.75, 3.05) is 11.9 Å². The van der Waals surface area contributed by atoms with E-state index in [1.54, 1.807) is 0 Å². The van der Waals surface area contributed by atoms with Gasteiger partial charge < -0.3 is 10.1 Å². The Morgan fingerprint density at radius 2 is 1.46 bits per heavy atom. The monoisotopic (exact) mass is 345 g/mol. The highest BCUT2D eigenvalue weighted by Gasteiger charge is 2.10. The Balaban J connectivity index is 1.72. The third-order valence-corrected chi connectivity index (χ3v) is 3.96. The van der Waals surface area contributed by atoms with Crippen molar-refractivity contribution in [2.45, 2.75) is 13.8 Å². The lowest BCUT2D eigenvalue weighted by Crippen LogP contribution is -2.13. The van der Waals surface area contributed by atoms with E-state index < -0.39 is 0 Å². The Bertz CT molecular complexity index is 855. The highest BCUT2D eigenvalue weighted by atomic mass is 16.5. The van der Waals surface area contributed by atoms with Crippen LogP contribution in [0.5, 0.6) is 5.75 Å². The predicted molar refractivity (Wildman–Crippen MR) is 107 cm³/mol. The SMILES string of the molecule is CC(C)COc1ccccc1NC(=O)c1ccc(-c2ccccc2)cc1. The molecule has 0 heterocycles. The van der Waals surface area contributed by atoms with E-state index in [0.29, 0.717) is 29.5 Å². The molecule has 0 aliphatic heterocycles. The van der Waals surface area contributed by atoms with Gasteiger partial charge in [-0.15, -0.1) is 0 Å². The molecule has 132 valence electrons. The van der Waals surface area contributed by atoms with Crippen molar-refractivity contribution in [3.63, 3.8) is 0 Å². The fraction of sp³-hybridized carbons (Fsp3) is 0.174. The molecular weight excluding hydrogens is 322 g/mol. The van der Waals surface area contributed by atoms with E-state index in [0.717, 1.165) is 11.1 Å². The number of hydrogen-bond donors (Lipinski definition) is 1. The molecule has 0 aliphatic rings. The van der Waals surface area contributed by atoms with Gasteiger partial charge in [-0.1, -0.05) is 68.4 Å². The second kappa shape index (κ2) is 8.34. The first-order valence-electron chi connectivity index (χ1n) is 8.82. The van der Waals surface area contributed by atoms with Gasteiger partial charge in [-0.2, -0.15) is 0 Å². The summed E-state index contributed by atoms with van der Waals surface area (Å²) in [5, 5.41) is 2.95. The maximum absolute atomic E-state index is 12.6. The van der Waals surface area contributed by atoms with Gasteiger partial charge >= 0.3 is 0 Å². The molecule has 1 N–H and O–H groups in total. The number of amides is 1. The van der Waals surface area contributed by atoms with Gasteiger partial charge in [0.1, 0.15) is 5.75 Å². The van der Waals surface area contributed by atoms with Crippen molar-refractivity contribution >= 4 is 11.6 Å². The molecule has 3 heteroatoms. The molecule has 3 rings (SSSR count). The van der Waals surface area contributed by atoms with Gasteiger partial charge in [0.25, 0.3) is 5.91 Å². The second-order valence-electron chi connectivity index (χ2n) is 6.60. The van der Waals surface area contributed by atoms with Crippen LogP contribution in [-0.2, 0) is 0 Å². The van der Waals surface area contributed by atoms with Crippen LogP contribution < -0.4 is 10.1 Å². The average molecular weight is 345 g/mol. The molecule has 1 amide bonds. The molecule has 0 spiro atoms. The summed E-state index contributed by atoms with van der Waals surface area (Å²) in [6.45, 7) is 4.80. The lowest BCUT2D eigenvalue weighted by Gasteiger charge is -2.14. The molecule has 0 radical (unpaired) electrons. The first-order chi connectivity index (χ1) is 12.6. The Morgan fingerprint density at radius 3 is 2.15 bits per heavy atom. The minimum atomic E-state index is -0.148. The van der Waals surface area contributed by atoms with Gasteiger partial charge in [-0.05, 0) is 41.3 Å². The van der Waals surface area contributed by atoms with Crippen molar-refractivity contribution in [3.05, 3.63) is 84.4 Å². The molecule has 3 nitrogen and oxygen atoms in total. The van der Waals surface area contributed by atoms with Crippen molar-refractivity contribution < 1.29 is 9.53 Å². The largest absolute Gasteiger partial charge is 0.491 e. The van der Waals surface area contributed by atoms with Crippen molar-refractivity contribution in [1.82, 2.24) is 0 Å². The Morgan fingerprint density at radius 1 is 0.846 bits per heavy atom. The van der Waals surface area contributed by atoms with Crippen LogP contribution in [0.25, 0.3) is 11.1 Å². The molecule has 0 aliphatic carbocycles. The zero-order valence-corrected chi connectivity index (χ0v) is 15.1. The summed E-state index contributed by atoms with van der Waals surface area (Å²) in [5.41, 5.74) is 3.52. The smallest absolute Gasteiger partial charge is 0.255 e. The maximum atomic E-state index is 12.6. The molecule has 0 atom stereocenters. The molecule has 0 aromatic heterocycles. The zero-order valence-electron chi connectivity index (χ0n) is 15.1. The summed E-state index contributed by atoms with van der Waals surface area (Å²) in [6.07, 6.45) is 0. The van der Waals surface area contributed by atoms with E-state index >= 15 is 0 Å². The number of anilines is 1. The fourth-order valence-electron chi connectivity index (χ4n) is 2.59. The van der Waals surface area contributed by atoms with Crippen LogP contribution in [0.3, 0.4) is 0 Å². The first kappa shape index (κ1) is 17.7. The molecule has 0 saturated heterocycles. The molecule has 26 heavy (non-hydrogen) atoms. The molecule has 3 aromatic carbocycles. The minimum Gasteiger partial charge on any atom is -0.491 e. The van der Waals surface area contributed by atoms with Crippen LogP contribution in [-0.4, -0.2) is 12.5 Å². The van der Waals surface area contributed by atoms with Crippen LogP contribution in [0.15, 0.2) is 78.9 Å². The normalized spacial score (nSPS) is 10.6. The van der Waals surface area contributed by atoms with E-state index in [4.69, 9.17) is 4.74 Å². The van der Waals surface area contributed by atoms with Crippen LogP contribution in [0.4, 0.5) is 5.69 Å². The third kappa shape index (κ3) is 4.51. The van der Waals surface area contributed by atoms with E-state index in [-0.39, 0.29) is 5.91 Å². The Hall–Kier alpha value is -3.07. The maximum Gasteiger partial charge on any atom is 0.255 e. The molecule has 0 unspecified atom stereocenters. The second-order valence-corrected chi connectivity index (χ2v) is 6.60. The van der Waals surface area contributed by atoms with Crippen LogP contribution in [0.2, 0.25) is 0 Å². The van der Waals surface area contributed by atoms with E-state index in [2.05, 4.69) is 31.3 Å². The van der Waals surface area contributed by atoms with E-state index in [9.17, 15) is 4.79 Å².